The fraction of sp³-hybridized carbons (Fsp3) is 0.231. The lowest BCUT2D eigenvalue weighted by molar-refractivity contribution is 0.646. The average Bonchev–Trinajstić information content (AvgIpc) is 3.01. The van der Waals surface area contributed by atoms with Gasteiger partial charge in [-0.2, -0.15) is 0 Å². The minimum Gasteiger partial charge on any atom is -0.368 e. The van der Waals surface area contributed by atoms with Crippen molar-refractivity contribution >= 4 is 22.9 Å². The first-order valence-corrected chi connectivity index (χ1v) is 11.3. The first kappa shape index (κ1) is 19.7. The average molecular weight is 437 g/mol. The van der Waals surface area contributed by atoms with E-state index >= 15 is 0 Å². The normalized spacial score (nSPS) is 15.9. The molecular weight excluding hydrogens is 412 g/mol. The Morgan fingerprint density at radius 1 is 0.879 bits per heavy atom. The second-order valence-electron chi connectivity index (χ2n) is 8.48. The lowest BCUT2D eigenvalue weighted by atomic mass is 9.95. The number of nitrogens with one attached hydrogen (secondary N) is 1. The first-order chi connectivity index (χ1) is 16.3. The number of anilines is 2. The van der Waals surface area contributed by atoms with E-state index in [9.17, 15) is 4.79 Å². The van der Waals surface area contributed by atoms with Crippen molar-refractivity contribution in [3.8, 4) is 11.3 Å². The van der Waals surface area contributed by atoms with Gasteiger partial charge >= 0.3 is 0 Å². The monoisotopic (exact) mass is 436 g/mol. The van der Waals surface area contributed by atoms with Gasteiger partial charge in [-0.3, -0.25) is 14.8 Å². The van der Waals surface area contributed by atoms with Gasteiger partial charge in [0.05, 0.1) is 23.2 Å². The molecule has 164 valence electrons. The van der Waals surface area contributed by atoms with E-state index in [0.29, 0.717) is 5.56 Å². The minimum absolute atomic E-state index is 0.0605. The molecule has 1 fully saturated rings. The van der Waals surface area contributed by atoms with Gasteiger partial charge in [0.15, 0.2) is 0 Å². The van der Waals surface area contributed by atoms with Gasteiger partial charge < -0.3 is 14.8 Å². The summed E-state index contributed by atoms with van der Waals surface area (Å²) in [5.74, 6) is 0.928. The van der Waals surface area contributed by atoms with Crippen LogP contribution in [0.1, 0.15) is 17.5 Å². The molecule has 0 bridgehead atoms. The Labute approximate surface area is 191 Å². The van der Waals surface area contributed by atoms with Crippen molar-refractivity contribution in [3.63, 3.8) is 0 Å². The van der Waals surface area contributed by atoms with Gasteiger partial charge in [-0.1, -0.05) is 30.3 Å². The Morgan fingerprint density at radius 3 is 2.58 bits per heavy atom. The number of fused-ring (bicyclic) bond motifs is 2. The molecule has 1 saturated heterocycles. The Morgan fingerprint density at radius 2 is 1.73 bits per heavy atom. The van der Waals surface area contributed by atoms with Gasteiger partial charge in [-0.25, -0.2) is 4.98 Å². The van der Waals surface area contributed by atoms with Crippen molar-refractivity contribution in [3.05, 3.63) is 88.6 Å². The molecule has 33 heavy (non-hydrogen) atoms. The van der Waals surface area contributed by atoms with Crippen molar-refractivity contribution in [2.45, 2.75) is 12.8 Å². The van der Waals surface area contributed by atoms with Crippen LogP contribution in [0.4, 0.5) is 17.2 Å². The van der Waals surface area contributed by atoms with Gasteiger partial charge in [0.25, 0.3) is 5.56 Å². The fourth-order valence-electron chi connectivity index (χ4n) is 4.82. The predicted octanol–water partition coefficient (Wildman–Crippen LogP) is 3.66. The number of aryl methyl sites for hydroxylation is 1. The van der Waals surface area contributed by atoms with E-state index in [2.05, 4.69) is 43.0 Å². The Bertz CT molecular complexity index is 1350. The number of H-pyrrole nitrogens is 1. The molecule has 0 unspecified atom stereocenters. The highest BCUT2D eigenvalue weighted by Gasteiger charge is 2.23. The molecule has 7 heteroatoms. The topological polar surface area (TPSA) is 77.5 Å². The van der Waals surface area contributed by atoms with Crippen LogP contribution in [0.15, 0.2) is 76.9 Å². The second kappa shape index (κ2) is 8.16. The molecule has 6 rings (SSSR count). The van der Waals surface area contributed by atoms with Gasteiger partial charge in [-0.05, 0) is 36.6 Å². The van der Waals surface area contributed by atoms with Crippen molar-refractivity contribution in [1.82, 2.24) is 15.0 Å². The molecule has 2 aromatic rings. The van der Waals surface area contributed by atoms with Crippen LogP contribution in [0.2, 0.25) is 0 Å². The van der Waals surface area contributed by atoms with Crippen LogP contribution in [-0.2, 0) is 6.42 Å². The van der Waals surface area contributed by atoms with Crippen LogP contribution >= 0.6 is 0 Å². The Hall–Kier alpha value is -4.00. The third kappa shape index (κ3) is 3.65. The molecule has 1 N–H and O–H groups in total. The summed E-state index contributed by atoms with van der Waals surface area (Å²) < 4.78 is 0. The van der Waals surface area contributed by atoms with Gasteiger partial charge in [0, 0.05) is 55.5 Å². The maximum atomic E-state index is 12.8. The van der Waals surface area contributed by atoms with Crippen LogP contribution in [0.25, 0.3) is 11.3 Å². The van der Waals surface area contributed by atoms with E-state index in [1.165, 1.54) is 11.3 Å². The molecule has 1 aromatic heterocycles. The van der Waals surface area contributed by atoms with Gasteiger partial charge in [0.2, 0.25) is 0 Å². The highest BCUT2D eigenvalue weighted by molar-refractivity contribution is 6.08. The summed E-state index contributed by atoms with van der Waals surface area (Å²) >= 11 is 0. The number of piperazine rings is 1. The maximum Gasteiger partial charge on any atom is 0.258 e. The zero-order valence-electron chi connectivity index (χ0n) is 18.2. The summed E-state index contributed by atoms with van der Waals surface area (Å²) in [5.41, 5.74) is 6.67. The Balaban J connectivity index is 1.27. The number of benzene rings is 1. The molecule has 0 radical (unpaired) electrons. The van der Waals surface area contributed by atoms with Crippen molar-refractivity contribution in [2.24, 2.45) is 4.99 Å². The third-order valence-corrected chi connectivity index (χ3v) is 6.55. The van der Waals surface area contributed by atoms with E-state index in [4.69, 9.17) is 4.99 Å². The first-order valence-electron chi connectivity index (χ1n) is 11.3. The molecule has 0 amide bonds. The molecule has 0 spiro atoms. The third-order valence-electron chi connectivity index (χ3n) is 6.55. The van der Waals surface area contributed by atoms with Crippen LogP contribution in [0, 0.1) is 0 Å². The number of hydrogen-bond acceptors (Lipinski definition) is 6. The predicted molar refractivity (Wildman–Crippen MR) is 131 cm³/mol. The van der Waals surface area contributed by atoms with Crippen LogP contribution in [0.5, 0.6) is 0 Å². The summed E-state index contributed by atoms with van der Waals surface area (Å²) in [6, 6.07) is 16.4. The fourth-order valence-corrected chi connectivity index (χ4v) is 4.82. The van der Waals surface area contributed by atoms with Crippen LogP contribution in [-0.4, -0.2) is 46.8 Å². The number of nitrogens with zero attached hydrogens (tertiary/aromatic N) is 5. The molecule has 1 aromatic carbocycles. The summed E-state index contributed by atoms with van der Waals surface area (Å²) in [7, 11) is 0. The Kier molecular flexibility index (Phi) is 4.87. The summed E-state index contributed by atoms with van der Waals surface area (Å²) in [4.78, 5) is 34.0. The molecule has 3 aliphatic heterocycles. The molecule has 4 aliphatic rings. The summed E-state index contributed by atoms with van der Waals surface area (Å²) in [6.45, 7) is 3.62. The molecule has 4 heterocycles. The van der Waals surface area contributed by atoms with E-state index in [0.717, 1.165) is 67.5 Å². The molecule has 0 saturated carbocycles. The van der Waals surface area contributed by atoms with E-state index < -0.39 is 0 Å². The molecule has 1 aliphatic carbocycles. The number of aliphatic imine (C=N–C) groups is 1. The van der Waals surface area contributed by atoms with E-state index in [1.807, 2.05) is 36.5 Å². The smallest absolute Gasteiger partial charge is 0.258 e. The lowest BCUT2D eigenvalue weighted by Crippen LogP contribution is -2.46. The molecular formula is C26H24N6O. The van der Waals surface area contributed by atoms with Crippen molar-refractivity contribution < 1.29 is 0 Å². The number of rotatable bonds is 3. The zero-order valence-corrected chi connectivity index (χ0v) is 18.2. The SMILES string of the molecule is O=c1[nH]c2cccccc-2c1C1=Nc2cc(N3CCN(c4cnccn4)CC3)ccc2CC1. The van der Waals surface area contributed by atoms with Crippen LogP contribution in [0.3, 0.4) is 0 Å². The van der Waals surface area contributed by atoms with E-state index in [-0.39, 0.29) is 5.56 Å². The summed E-state index contributed by atoms with van der Waals surface area (Å²) in [5, 5.41) is 0. The summed E-state index contributed by atoms with van der Waals surface area (Å²) in [6.07, 6.45) is 6.92. The number of aromatic amines is 1. The number of hydrogen-bond donors (Lipinski definition) is 1. The van der Waals surface area contributed by atoms with Crippen LogP contribution < -0.4 is 15.4 Å². The highest BCUT2D eigenvalue weighted by atomic mass is 16.1. The van der Waals surface area contributed by atoms with Crippen molar-refractivity contribution in [2.75, 3.05) is 36.0 Å². The maximum absolute atomic E-state index is 12.8. The van der Waals surface area contributed by atoms with Gasteiger partial charge in [0.1, 0.15) is 5.82 Å². The standard InChI is InChI=1S/C26H24N6O/c33-26-25(20-4-2-1-3-5-21(20)30-26)22-9-7-18-6-8-19(16-23(18)29-22)31-12-14-32(15-13-31)24-17-27-10-11-28-24/h1-6,8,10-11,16-17H,7,9,12-15H2,(H,30,33). The molecule has 0 atom stereocenters. The van der Waals surface area contributed by atoms with Crippen molar-refractivity contribution in [1.29, 1.82) is 0 Å². The van der Waals surface area contributed by atoms with Gasteiger partial charge in [-0.15, -0.1) is 0 Å². The molecule has 7 nitrogen and oxygen atoms in total. The van der Waals surface area contributed by atoms with E-state index in [1.54, 1.807) is 12.4 Å². The quantitative estimate of drug-likeness (QED) is 0.530. The minimum atomic E-state index is -0.0605. The number of aromatic nitrogens is 3. The zero-order chi connectivity index (χ0) is 22.2. The highest BCUT2D eigenvalue weighted by Crippen LogP contribution is 2.34. The second-order valence-corrected chi connectivity index (χ2v) is 8.48. The largest absolute Gasteiger partial charge is 0.368 e. The lowest BCUT2D eigenvalue weighted by Gasteiger charge is -2.36.